The van der Waals surface area contributed by atoms with Gasteiger partial charge in [0.2, 0.25) is 11.8 Å². The number of hydrogen-bond donors (Lipinski definition) is 2. The molecular weight excluding hydrogens is 332 g/mol. The largest absolute Gasteiger partial charge is 0.475 e. The second-order valence-electron chi connectivity index (χ2n) is 7.40. The van der Waals surface area contributed by atoms with Crippen molar-refractivity contribution in [2.45, 2.75) is 52.8 Å². The van der Waals surface area contributed by atoms with Gasteiger partial charge in [-0.15, -0.1) is 0 Å². The predicted octanol–water partition coefficient (Wildman–Crippen LogP) is 2.67. The number of pyridine rings is 1. The maximum absolute atomic E-state index is 12.3. The highest BCUT2D eigenvalue weighted by Gasteiger charge is 2.19. The van der Waals surface area contributed by atoms with E-state index in [2.05, 4.69) is 25.4 Å². The van der Waals surface area contributed by atoms with Gasteiger partial charge in [0.05, 0.1) is 17.8 Å². The monoisotopic (exact) mass is 356 g/mol. The Balaban J connectivity index is 1.80. The summed E-state index contributed by atoms with van der Waals surface area (Å²) in [6.07, 6.45) is 3.37. The quantitative estimate of drug-likeness (QED) is 0.729. The Labute approximate surface area is 151 Å². The maximum Gasteiger partial charge on any atom is 0.263 e. The Hall–Kier alpha value is -2.90. The number of aromatic nitrogens is 5. The first kappa shape index (κ1) is 17.9. The van der Waals surface area contributed by atoms with Crippen LogP contribution in [-0.4, -0.2) is 30.8 Å². The van der Waals surface area contributed by atoms with E-state index in [0.29, 0.717) is 29.4 Å². The molecule has 138 valence electrons. The van der Waals surface area contributed by atoms with Crippen LogP contribution in [0.1, 0.15) is 40.2 Å². The summed E-state index contributed by atoms with van der Waals surface area (Å²) in [6, 6.07) is 3.75. The van der Waals surface area contributed by atoms with Gasteiger partial charge in [-0.1, -0.05) is 6.07 Å². The fourth-order valence-corrected chi connectivity index (χ4v) is 2.51. The van der Waals surface area contributed by atoms with Crippen molar-refractivity contribution in [2.75, 3.05) is 5.32 Å². The molecule has 8 heteroatoms. The molecule has 0 atom stereocenters. The lowest BCUT2D eigenvalue weighted by molar-refractivity contribution is 0.232. The molecule has 0 fully saturated rings. The van der Waals surface area contributed by atoms with Gasteiger partial charge in [-0.3, -0.25) is 9.78 Å². The smallest absolute Gasteiger partial charge is 0.263 e. The SMILES string of the molecule is CC(C)Oc1ccc(CNc2nc3c(cnn3C(C)(C)C)c(=O)[nH]2)cn1. The highest BCUT2D eigenvalue weighted by molar-refractivity contribution is 5.74. The molecule has 0 aliphatic rings. The predicted molar refractivity (Wildman–Crippen MR) is 100 cm³/mol. The zero-order chi connectivity index (χ0) is 18.9. The molecule has 0 saturated heterocycles. The van der Waals surface area contributed by atoms with Crippen LogP contribution in [0.3, 0.4) is 0 Å². The Morgan fingerprint density at radius 1 is 1.27 bits per heavy atom. The van der Waals surface area contributed by atoms with Crippen molar-refractivity contribution in [1.29, 1.82) is 0 Å². The van der Waals surface area contributed by atoms with Crippen molar-refractivity contribution in [2.24, 2.45) is 0 Å². The van der Waals surface area contributed by atoms with Crippen molar-refractivity contribution in [3.63, 3.8) is 0 Å². The molecular formula is C18H24N6O2. The highest BCUT2D eigenvalue weighted by Crippen LogP contribution is 2.19. The van der Waals surface area contributed by atoms with Gasteiger partial charge in [-0.2, -0.15) is 10.1 Å². The van der Waals surface area contributed by atoms with E-state index in [0.717, 1.165) is 5.56 Å². The second kappa shape index (κ2) is 6.78. The maximum atomic E-state index is 12.3. The summed E-state index contributed by atoms with van der Waals surface area (Å²) in [5.74, 6) is 0.988. The Morgan fingerprint density at radius 3 is 2.65 bits per heavy atom. The first-order valence-electron chi connectivity index (χ1n) is 8.58. The zero-order valence-corrected chi connectivity index (χ0v) is 15.7. The van der Waals surface area contributed by atoms with E-state index in [1.807, 2.05) is 46.8 Å². The third-order valence-electron chi connectivity index (χ3n) is 3.69. The molecule has 0 unspecified atom stereocenters. The number of hydrogen-bond acceptors (Lipinski definition) is 6. The molecule has 2 N–H and O–H groups in total. The van der Waals surface area contributed by atoms with E-state index in [4.69, 9.17) is 4.74 Å². The minimum absolute atomic E-state index is 0.0835. The Kier molecular flexibility index (Phi) is 4.67. The van der Waals surface area contributed by atoms with Crippen LogP contribution in [0, 0.1) is 0 Å². The highest BCUT2D eigenvalue weighted by atomic mass is 16.5. The van der Waals surface area contributed by atoms with E-state index in [1.165, 1.54) is 0 Å². The summed E-state index contributed by atoms with van der Waals surface area (Å²) in [5.41, 5.74) is 1.03. The molecule has 0 saturated carbocycles. The standard InChI is InChI=1S/C18H24N6O2/c1-11(2)26-14-7-6-12(8-19-14)9-20-17-22-15-13(16(25)23-17)10-21-24(15)18(3,4)5/h6-8,10-11H,9H2,1-5H3,(H2,20,22,23,25). The van der Waals surface area contributed by atoms with Crippen LogP contribution in [0.25, 0.3) is 11.0 Å². The van der Waals surface area contributed by atoms with Gasteiger partial charge in [0, 0.05) is 18.8 Å². The number of anilines is 1. The van der Waals surface area contributed by atoms with Gasteiger partial charge in [0.1, 0.15) is 5.39 Å². The van der Waals surface area contributed by atoms with Crippen LogP contribution in [0.4, 0.5) is 5.95 Å². The second-order valence-corrected chi connectivity index (χ2v) is 7.40. The van der Waals surface area contributed by atoms with Crippen molar-refractivity contribution in [1.82, 2.24) is 24.7 Å². The van der Waals surface area contributed by atoms with Gasteiger partial charge in [-0.05, 0) is 40.2 Å². The summed E-state index contributed by atoms with van der Waals surface area (Å²) in [6.45, 7) is 10.4. The van der Waals surface area contributed by atoms with E-state index in [-0.39, 0.29) is 17.2 Å². The molecule has 3 aromatic heterocycles. The Morgan fingerprint density at radius 2 is 2.04 bits per heavy atom. The molecule has 0 aliphatic carbocycles. The lowest BCUT2D eigenvalue weighted by Gasteiger charge is -2.19. The molecule has 0 spiro atoms. The fraction of sp³-hybridized carbons (Fsp3) is 0.444. The average molecular weight is 356 g/mol. The molecule has 8 nitrogen and oxygen atoms in total. The molecule has 0 radical (unpaired) electrons. The third kappa shape index (κ3) is 3.84. The summed E-state index contributed by atoms with van der Waals surface area (Å²) in [5, 5.41) is 7.91. The third-order valence-corrected chi connectivity index (χ3v) is 3.69. The number of ether oxygens (including phenoxy) is 1. The van der Waals surface area contributed by atoms with Crippen molar-refractivity contribution < 1.29 is 4.74 Å². The van der Waals surface area contributed by atoms with Gasteiger partial charge >= 0.3 is 0 Å². The number of H-pyrrole nitrogens is 1. The number of aromatic amines is 1. The summed E-state index contributed by atoms with van der Waals surface area (Å²) < 4.78 is 7.28. The van der Waals surface area contributed by atoms with E-state index in [1.54, 1.807) is 17.1 Å². The molecule has 3 aromatic rings. The average Bonchev–Trinajstić information content (AvgIpc) is 2.98. The van der Waals surface area contributed by atoms with Gasteiger partial charge in [0.15, 0.2) is 5.65 Å². The van der Waals surface area contributed by atoms with Crippen LogP contribution in [0.5, 0.6) is 5.88 Å². The number of fused-ring (bicyclic) bond motifs is 1. The van der Waals surface area contributed by atoms with E-state index in [9.17, 15) is 4.79 Å². The van der Waals surface area contributed by atoms with Crippen LogP contribution >= 0.6 is 0 Å². The molecule has 0 bridgehead atoms. The first-order valence-corrected chi connectivity index (χ1v) is 8.58. The van der Waals surface area contributed by atoms with E-state index < -0.39 is 0 Å². The summed E-state index contributed by atoms with van der Waals surface area (Å²) >= 11 is 0. The number of nitrogens with one attached hydrogen (secondary N) is 2. The molecule has 0 aromatic carbocycles. The minimum Gasteiger partial charge on any atom is -0.475 e. The molecule has 0 amide bonds. The van der Waals surface area contributed by atoms with Crippen LogP contribution < -0.4 is 15.6 Å². The van der Waals surface area contributed by atoms with Gasteiger partial charge in [0.25, 0.3) is 5.56 Å². The molecule has 0 aliphatic heterocycles. The van der Waals surface area contributed by atoms with Crippen molar-refractivity contribution in [3.8, 4) is 5.88 Å². The van der Waals surface area contributed by atoms with Crippen LogP contribution in [-0.2, 0) is 12.1 Å². The minimum atomic E-state index is -0.268. The molecule has 3 rings (SSSR count). The van der Waals surface area contributed by atoms with Crippen molar-refractivity contribution in [3.05, 3.63) is 40.4 Å². The number of rotatable bonds is 5. The molecule has 26 heavy (non-hydrogen) atoms. The fourth-order valence-electron chi connectivity index (χ4n) is 2.51. The van der Waals surface area contributed by atoms with Crippen LogP contribution in [0.2, 0.25) is 0 Å². The number of nitrogens with zero attached hydrogens (tertiary/aromatic N) is 4. The normalized spacial score (nSPS) is 11.9. The summed E-state index contributed by atoms with van der Waals surface area (Å²) in [4.78, 5) is 23.8. The van der Waals surface area contributed by atoms with Crippen LogP contribution in [0.15, 0.2) is 29.3 Å². The lowest BCUT2D eigenvalue weighted by Crippen LogP contribution is -2.24. The van der Waals surface area contributed by atoms with Gasteiger partial charge < -0.3 is 10.1 Å². The zero-order valence-electron chi connectivity index (χ0n) is 15.7. The topological polar surface area (TPSA) is 97.7 Å². The lowest BCUT2D eigenvalue weighted by atomic mass is 10.1. The van der Waals surface area contributed by atoms with E-state index >= 15 is 0 Å². The summed E-state index contributed by atoms with van der Waals surface area (Å²) in [7, 11) is 0. The molecule has 3 heterocycles. The Bertz CT molecular complexity index is 950. The van der Waals surface area contributed by atoms with Crippen molar-refractivity contribution >= 4 is 17.0 Å². The first-order chi connectivity index (χ1) is 12.2. The van der Waals surface area contributed by atoms with Gasteiger partial charge in [-0.25, -0.2) is 9.67 Å².